The van der Waals surface area contributed by atoms with Crippen molar-refractivity contribution in [2.24, 2.45) is 0 Å². The predicted octanol–water partition coefficient (Wildman–Crippen LogP) is 1.05. The molecular formula is C15H23N3O3. The largest absolute Gasteiger partial charge is 0.393 e. The van der Waals surface area contributed by atoms with E-state index in [1.165, 1.54) is 0 Å². The van der Waals surface area contributed by atoms with Crippen molar-refractivity contribution in [3.8, 4) is 0 Å². The number of aliphatic hydroxyl groups is 1. The van der Waals surface area contributed by atoms with Crippen molar-refractivity contribution in [2.75, 3.05) is 13.7 Å². The van der Waals surface area contributed by atoms with E-state index in [2.05, 4.69) is 5.10 Å². The van der Waals surface area contributed by atoms with E-state index in [0.717, 1.165) is 19.3 Å². The quantitative estimate of drug-likeness (QED) is 0.904. The Hall–Kier alpha value is -1.40. The van der Waals surface area contributed by atoms with Crippen LogP contribution in [-0.4, -0.2) is 57.1 Å². The SMILES string of the molecule is CCn1nccc1C(=O)N1CC[C@]2(OC)CC[C@H](O)C[C@H]12. The second-order valence-corrected chi connectivity index (χ2v) is 5.99. The number of likely N-dealkylation sites (tertiary alicyclic amines) is 1. The third-order valence-electron chi connectivity index (χ3n) is 5.06. The third-order valence-corrected chi connectivity index (χ3v) is 5.06. The number of amides is 1. The van der Waals surface area contributed by atoms with Crippen LogP contribution in [0.4, 0.5) is 0 Å². The van der Waals surface area contributed by atoms with Crippen molar-refractivity contribution < 1.29 is 14.6 Å². The van der Waals surface area contributed by atoms with Crippen molar-refractivity contribution in [3.63, 3.8) is 0 Å². The zero-order valence-corrected chi connectivity index (χ0v) is 12.7. The van der Waals surface area contributed by atoms with Crippen LogP contribution in [0.15, 0.2) is 12.3 Å². The van der Waals surface area contributed by atoms with Gasteiger partial charge in [0.1, 0.15) is 5.69 Å². The van der Waals surface area contributed by atoms with E-state index in [0.29, 0.717) is 25.2 Å². The van der Waals surface area contributed by atoms with E-state index in [4.69, 9.17) is 4.74 Å². The first-order chi connectivity index (χ1) is 10.1. The minimum absolute atomic E-state index is 0.00706. The van der Waals surface area contributed by atoms with Gasteiger partial charge in [0.2, 0.25) is 0 Å². The number of aromatic nitrogens is 2. The smallest absolute Gasteiger partial charge is 0.272 e. The van der Waals surface area contributed by atoms with Gasteiger partial charge in [-0.15, -0.1) is 0 Å². The Bertz CT molecular complexity index is 530. The Morgan fingerprint density at radius 1 is 1.57 bits per heavy atom. The number of rotatable bonds is 3. The predicted molar refractivity (Wildman–Crippen MR) is 76.9 cm³/mol. The monoisotopic (exact) mass is 293 g/mol. The fourth-order valence-electron chi connectivity index (χ4n) is 3.83. The van der Waals surface area contributed by atoms with E-state index < -0.39 is 0 Å². The Morgan fingerprint density at radius 3 is 3.10 bits per heavy atom. The van der Waals surface area contributed by atoms with Gasteiger partial charge < -0.3 is 14.7 Å². The van der Waals surface area contributed by atoms with Gasteiger partial charge in [0.15, 0.2) is 0 Å². The Balaban J connectivity index is 1.87. The lowest BCUT2D eigenvalue weighted by molar-refractivity contribution is -0.0825. The molecule has 1 amide bonds. The van der Waals surface area contributed by atoms with Crippen LogP contribution in [0.3, 0.4) is 0 Å². The number of carbonyl (C=O) groups excluding carboxylic acids is 1. The van der Waals surface area contributed by atoms with Crippen LogP contribution in [0.5, 0.6) is 0 Å². The summed E-state index contributed by atoms with van der Waals surface area (Å²) in [6.45, 7) is 3.32. The van der Waals surface area contributed by atoms with Crippen LogP contribution in [0.25, 0.3) is 0 Å². The lowest BCUT2D eigenvalue weighted by Gasteiger charge is -2.42. The second kappa shape index (κ2) is 5.42. The molecule has 2 aliphatic rings. The van der Waals surface area contributed by atoms with Gasteiger partial charge in [-0.3, -0.25) is 9.48 Å². The average molecular weight is 293 g/mol. The lowest BCUT2D eigenvalue weighted by atomic mass is 9.79. The number of aryl methyl sites for hydroxylation is 1. The number of fused-ring (bicyclic) bond motifs is 1. The Morgan fingerprint density at radius 2 is 2.38 bits per heavy atom. The summed E-state index contributed by atoms with van der Waals surface area (Å²) in [5.74, 6) is -0.00706. The van der Waals surface area contributed by atoms with E-state index >= 15 is 0 Å². The number of methoxy groups -OCH3 is 1. The van der Waals surface area contributed by atoms with Crippen molar-refractivity contribution >= 4 is 5.91 Å². The molecule has 6 nitrogen and oxygen atoms in total. The zero-order chi connectivity index (χ0) is 15.0. The molecule has 0 aromatic carbocycles. The minimum atomic E-state index is -0.345. The van der Waals surface area contributed by atoms with Gasteiger partial charge in [0.25, 0.3) is 5.91 Å². The lowest BCUT2D eigenvalue weighted by Crippen LogP contribution is -2.53. The number of ether oxygens (including phenoxy) is 1. The second-order valence-electron chi connectivity index (χ2n) is 5.99. The summed E-state index contributed by atoms with van der Waals surface area (Å²) in [5, 5.41) is 14.2. The molecule has 3 atom stereocenters. The normalized spacial score (nSPS) is 32.2. The molecule has 1 aromatic heterocycles. The fourth-order valence-corrected chi connectivity index (χ4v) is 3.83. The molecule has 1 saturated heterocycles. The first-order valence-corrected chi connectivity index (χ1v) is 7.67. The molecule has 21 heavy (non-hydrogen) atoms. The zero-order valence-electron chi connectivity index (χ0n) is 12.7. The number of hydrogen-bond donors (Lipinski definition) is 1. The van der Waals surface area contributed by atoms with Gasteiger partial charge in [-0.1, -0.05) is 0 Å². The molecule has 1 saturated carbocycles. The molecule has 6 heteroatoms. The molecule has 116 valence electrons. The van der Waals surface area contributed by atoms with Gasteiger partial charge in [-0.2, -0.15) is 5.10 Å². The van der Waals surface area contributed by atoms with E-state index in [1.807, 2.05) is 11.8 Å². The van der Waals surface area contributed by atoms with Gasteiger partial charge in [-0.05, 0) is 38.7 Å². The first-order valence-electron chi connectivity index (χ1n) is 7.67. The summed E-state index contributed by atoms with van der Waals surface area (Å²) < 4.78 is 7.49. The highest BCUT2D eigenvalue weighted by Crippen LogP contribution is 2.42. The van der Waals surface area contributed by atoms with Crippen molar-refractivity contribution in [2.45, 2.75) is 56.9 Å². The van der Waals surface area contributed by atoms with Crippen LogP contribution in [0.1, 0.15) is 43.1 Å². The van der Waals surface area contributed by atoms with Crippen LogP contribution in [0, 0.1) is 0 Å². The standard InChI is InChI=1S/C15H23N3O3/c1-3-18-12(5-8-16-18)14(20)17-9-7-15(21-2)6-4-11(19)10-13(15)17/h5,8,11,13,19H,3-4,6-7,9-10H2,1-2H3/t11-,13-,15+/m0/s1. The van der Waals surface area contributed by atoms with E-state index in [9.17, 15) is 9.90 Å². The van der Waals surface area contributed by atoms with E-state index in [-0.39, 0.29) is 23.7 Å². The molecule has 0 unspecified atom stereocenters. The van der Waals surface area contributed by atoms with Crippen molar-refractivity contribution in [1.82, 2.24) is 14.7 Å². The van der Waals surface area contributed by atoms with Crippen molar-refractivity contribution in [1.29, 1.82) is 0 Å². The average Bonchev–Trinajstić information content (AvgIpc) is 3.11. The van der Waals surface area contributed by atoms with Crippen LogP contribution in [0.2, 0.25) is 0 Å². The maximum absolute atomic E-state index is 12.8. The van der Waals surface area contributed by atoms with E-state index in [1.54, 1.807) is 24.1 Å². The van der Waals surface area contributed by atoms with Gasteiger partial charge in [-0.25, -0.2) is 0 Å². The summed E-state index contributed by atoms with van der Waals surface area (Å²) in [7, 11) is 1.72. The number of carbonyl (C=O) groups is 1. The molecule has 1 aliphatic carbocycles. The molecule has 1 N–H and O–H groups in total. The third kappa shape index (κ3) is 2.26. The minimum Gasteiger partial charge on any atom is -0.393 e. The molecule has 2 heterocycles. The summed E-state index contributed by atoms with van der Waals surface area (Å²) in [5.41, 5.74) is 0.329. The first kappa shape index (κ1) is 14.5. The molecule has 1 aliphatic heterocycles. The van der Waals surface area contributed by atoms with Crippen molar-refractivity contribution in [3.05, 3.63) is 18.0 Å². The topological polar surface area (TPSA) is 67.6 Å². The van der Waals surface area contributed by atoms with Crippen LogP contribution in [-0.2, 0) is 11.3 Å². The molecule has 0 radical (unpaired) electrons. The van der Waals surface area contributed by atoms with Gasteiger partial charge >= 0.3 is 0 Å². The highest BCUT2D eigenvalue weighted by atomic mass is 16.5. The maximum atomic E-state index is 12.8. The molecule has 1 aromatic rings. The fraction of sp³-hybridized carbons (Fsp3) is 0.733. The molecule has 0 spiro atoms. The molecular weight excluding hydrogens is 270 g/mol. The maximum Gasteiger partial charge on any atom is 0.272 e. The highest BCUT2D eigenvalue weighted by Gasteiger charge is 2.52. The highest BCUT2D eigenvalue weighted by molar-refractivity contribution is 5.93. The van der Waals surface area contributed by atoms with Gasteiger partial charge in [0.05, 0.1) is 17.7 Å². The number of hydrogen-bond acceptors (Lipinski definition) is 4. The Labute approximate surface area is 124 Å². The summed E-state index contributed by atoms with van der Waals surface area (Å²) in [4.78, 5) is 14.7. The molecule has 2 fully saturated rings. The molecule has 3 rings (SSSR count). The molecule has 0 bridgehead atoms. The summed E-state index contributed by atoms with van der Waals surface area (Å²) in [6, 6.07) is 1.72. The number of nitrogens with zero attached hydrogens (tertiary/aromatic N) is 3. The summed E-state index contributed by atoms with van der Waals surface area (Å²) in [6.07, 6.45) is 4.31. The summed E-state index contributed by atoms with van der Waals surface area (Å²) >= 11 is 0. The van der Waals surface area contributed by atoms with Crippen LogP contribution < -0.4 is 0 Å². The number of aliphatic hydroxyl groups excluding tert-OH is 1. The van der Waals surface area contributed by atoms with Crippen LogP contribution >= 0.6 is 0 Å². The Kier molecular flexibility index (Phi) is 3.75. The van der Waals surface area contributed by atoms with Gasteiger partial charge in [0, 0.05) is 26.4 Å².